The third kappa shape index (κ3) is 6.30. The van der Waals surface area contributed by atoms with Gasteiger partial charge in [0.05, 0.1) is 11.2 Å². The molecule has 160 valence electrons. The number of sulfonamides is 1. The standard InChI is InChI=1S/C20H36N4O3S/c1-14-8-10-15(11-9-14)23-28(26,27)13-18(25)21-17-12-16(19(2,3)4)22-24(17)20(5,6)7/h12,14-15,23H,8-11,13H2,1-7H3,(H,21,25). The second-order valence-electron chi connectivity index (χ2n) is 10.1. The topological polar surface area (TPSA) is 93.1 Å². The number of hydrogen-bond donors (Lipinski definition) is 2. The van der Waals surface area contributed by atoms with Crippen molar-refractivity contribution < 1.29 is 13.2 Å². The van der Waals surface area contributed by atoms with Crippen LogP contribution in [0.5, 0.6) is 0 Å². The second kappa shape index (κ2) is 8.14. The Kier molecular flexibility index (Phi) is 6.65. The number of aromatic nitrogens is 2. The van der Waals surface area contributed by atoms with Crippen LogP contribution < -0.4 is 10.0 Å². The first-order chi connectivity index (χ1) is 12.7. The van der Waals surface area contributed by atoms with Gasteiger partial charge < -0.3 is 5.32 Å². The molecule has 1 fully saturated rings. The van der Waals surface area contributed by atoms with Gasteiger partial charge >= 0.3 is 0 Å². The van der Waals surface area contributed by atoms with Crippen LogP contribution in [-0.2, 0) is 25.8 Å². The van der Waals surface area contributed by atoms with Crippen LogP contribution in [0.1, 0.15) is 79.8 Å². The van der Waals surface area contributed by atoms with Crippen LogP contribution >= 0.6 is 0 Å². The number of nitrogens with one attached hydrogen (secondary N) is 2. The van der Waals surface area contributed by atoms with Gasteiger partial charge in [0.1, 0.15) is 11.6 Å². The molecule has 0 bridgehead atoms. The summed E-state index contributed by atoms with van der Waals surface area (Å²) in [5, 5.41) is 7.39. The Hall–Kier alpha value is -1.41. The number of nitrogens with zero attached hydrogens (tertiary/aromatic N) is 2. The van der Waals surface area contributed by atoms with Gasteiger partial charge in [-0.25, -0.2) is 17.8 Å². The van der Waals surface area contributed by atoms with E-state index < -0.39 is 21.7 Å². The lowest BCUT2D eigenvalue weighted by molar-refractivity contribution is -0.114. The first-order valence-corrected chi connectivity index (χ1v) is 11.7. The highest BCUT2D eigenvalue weighted by Crippen LogP contribution is 2.28. The molecule has 0 spiro atoms. The molecule has 8 heteroatoms. The molecule has 0 atom stereocenters. The summed E-state index contributed by atoms with van der Waals surface area (Å²) >= 11 is 0. The second-order valence-corrected chi connectivity index (χ2v) is 11.9. The number of rotatable bonds is 5. The minimum atomic E-state index is -3.68. The number of anilines is 1. The summed E-state index contributed by atoms with van der Waals surface area (Å²) in [6, 6.07) is 1.76. The van der Waals surface area contributed by atoms with Crippen LogP contribution in [0.4, 0.5) is 5.82 Å². The number of carbonyl (C=O) groups excluding carboxylic acids is 1. The molecule has 0 aliphatic heterocycles. The fourth-order valence-corrected chi connectivity index (χ4v) is 4.62. The minimum Gasteiger partial charge on any atom is -0.310 e. The van der Waals surface area contributed by atoms with Gasteiger partial charge in [-0.2, -0.15) is 5.10 Å². The molecule has 0 unspecified atom stereocenters. The highest BCUT2D eigenvalue weighted by molar-refractivity contribution is 7.90. The first-order valence-electron chi connectivity index (χ1n) is 10.1. The zero-order chi connectivity index (χ0) is 21.3. The van der Waals surface area contributed by atoms with Gasteiger partial charge in [0, 0.05) is 17.5 Å². The van der Waals surface area contributed by atoms with Crippen LogP contribution in [-0.4, -0.2) is 35.9 Å². The maximum absolute atomic E-state index is 12.5. The van der Waals surface area contributed by atoms with E-state index in [1.54, 1.807) is 4.68 Å². The Balaban J connectivity index is 2.08. The Morgan fingerprint density at radius 3 is 2.21 bits per heavy atom. The van der Waals surface area contributed by atoms with Crippen molar-refractivity contribution in [2.45, 2.75) is 91.1 Å². The van der Waals surface area contributed by atoms with E-state index in [0.29, 0.717) is 11.7 Å². The molecule has 1 aliphatic carbocycles. The van der Waals surface area contributed by atoms with E-state index in [0.717, 1.165) is 31.4 Å². The van der Waals surface area contributed by atoms with Crippen molar-refractivity contribution in [1.29, 1.82) is 0 Å². The van der Waals surface area contributed by atoms with Crippen LogP contribution in [0.25, 0.3) is 0 Å². The van der Waals surface area contributed by atoms with Gasteiger partial charge in [-0.05, 0) is 52.4 Å². The average molecular weight is 413 g/mol. The van der Waals surface area contributed by atoms with Crippen LogP contribution in [0.3, 0.4) is 0 Å². The van der Waals surface area contributed by atoms with Crippen LogP contribution in [0.2, 0.25) is 0 Å². The van der Waals surface area contributed by atoms with Crippen molar-refractivity contribution in [2.75, 3.05) is 11.1 Å². The summed E-state index contributed by atoms with van der Waals surface area (Å²) in [7, 11) is -3.68. The van der Waals surface area contributed by atoms with E-state index in [1.165, 1.54) is 0 Å². The highest BCUT2D eigenvalue weighted by atomic mass is 32.2. The van der Waals surface area contributed by atoms with Gasteiger partial charge in [-0.1, -0.05) is 27.7 Å². The fourth-order valence-electron chi connectivity index (χ4n) is 3.37. The molecular formula is C20H36N4O3S. The maximum atomic E-state index is 12.5. The third-order valence-corrected chi connectivity index (χ3v) is 6.40. The number of carbonyl (C=O) groups is 1. The molecule has 0 aromatic carbocycles. The molecule has 1 aromatic heterocycles. The van der Waals surface area contributed by atoms with Gasteiger partial charge in [0.15, 0.2) is 0 Å². The van der Waals surface area contributed by atoms with Gasteiger partial charge in [0.25, 0.3) is 0 Å². The SMILES string of the molecule is CC1CCC(NS(=O)(=O)CC(=O)Nc2cc(C(C)(C)C)nn2C(C)(C)C)CC1. The molecule has 0 radical (unpaired) electrons. The quantitative estimate of drug-likeness (QED) is 0.775. The molecule has 1 aliphatic rings. The van der Waals surface area contributed by atoms with Crippen molar-refractivity contribution in [2.24, 2.45) is 5.92 Å². The predicted octanol–water partition coefficient (Wildman–Crippen LogP) is 3.37. The molecule has 2 N–H and O–H groups in total. The van der Waals surface area contributed by atoms with Gasteiger partial charge in [-0.3, -0.25) is 4.79 Å². The lowest BCUT2D eigenvalue weighted by Crippen LogP contribution is -2.41. The van der Waals surface area contributed by atoms with E-state index in [9.17, 15) is 13.2 Å². The number of hydrogen-bond acceptors (Lipinski definition) is 4. The Labute approximate surface area is 169 Å². The van der Waals surface area contributed by atoms with Crippen LogP contribution in [0, 0.1) is 5.92 Å². The zero-order valence-corrected chi connectivity index (χ0v) is 19.1. The molecule has 1 heterocycles. The molecule has 7 nitrogen and oxygen atoms in total. The summed E-state index contributed by atoms with van der Waals surface area (Å²) in [5.74, 6) is 0.0181. The highest BCUT2D eigenvalue weighted by Gasteiger charge is 2.28. The van der Waals surface area contributed by atoms with Crippen LogP contribution in [0.15, 0.2) is 6.07 Å². The van der Waals surface area contributed by atoms with Crippen molar-refractivity contribution in [1.82, 2.24) is 14.5 Å². The minimum absolute atomic E-state index is 0.0680. The smallest absolute Gasteiger partial charge is 0.242 e. The summed E-state index contributed by atoms with van der Waals surface area (Å²) in [5.41, 5.74) is 0.319. The van der Waals surface area contributed by atoms with Crippen molar-refractivity contribution in [3.63, 3.8) is 0 Å². The van der Waals surface area contributed by atoms with E-state index in [4.69, 9.17) is 0 Å². The van der Waals surface area contributed by atoms with E-state index in [2.05, 4.69) is 22.1 Å². The molecule has 1 aromatic rings. The Morgan fingerprint density at radius 2 is 1.71 bits per heavy atom. The average Bonchev–Trinajstić information content (AvgIpc) is 2.92. The Bertz CT molecular complexity index is 792. The maximum Gasteiger partial charge on any atom is 0.242 e. The molecule has 0 saturated heterocycles. The molecular weight excluding hydrogens is 376 g/mol. The lowest BCUT2D eigenvalue weighted by atomic mass is 9.88. The summed E-state index contributed by atoms with van der Waals surface area (Å²) in [6.45, 7) is 14.3. The van der Waals surface area contributed by atoms with Crippen molar-refractivity contribution in [3.05, 3.63) is 11.8 Å². The van der Waals surface area contributed by atoms with Gasteiger partial charge in [-0.15, -0.1) is 0 Å². The fraction of sp³-hybridized carbons (Fsp3) is 0.800. The molecule has 2 rings (SSSR count). The lowest BCUT2D eigenvalue weighted by Gasteiger charge is -2.26. The summed E-state index contributed by atoms with van der Waals surface area (Å²) in [4.78, 5) is 12.5. The zero-order valence-electron chi connectivity index (χ0n) is 18.3. The van der Waals surface area contributed by atoms with Gasteiger partial charge in [0.2, 0.25) is 15.9 Å². The first kappa shape index (κ1) is 22.9. The monoisotopic (exact) mass is 412 g/mol. The normalized spacial score (nSPS) is 21.5. The van der Waals surface area contributed by atoms with Crippen molar-refractivity contribution >= 4 is 21.7 Å². The third-order valence-electron chi connectivity index (χ3n) is 5.06. The molecule has 1 amide bonds. The molecule has 1 saturated carbocycles. The number of amides is 1. The van der Waals surface area contributed by atoms with Crippen molar-refractivity contribution in [3.8, 4) is 0 Å². The largest absolute Gasteiger partial charge is 0.310 e. The summed E-state index contributed by atoms with van der Waals surface area (Å²) < 4.78 is 29.3. The van der Waals surface area contributed by atoms with E-state index in [1.807, 2.05) is 47.6 Å². The predicted molar refractivity (Wildman–Crippen MR) is 113 cm³/mol. The Morgan fingerprint density at radius 1 is 1.14 bits per heavy atom. The van der Waals surface area contributed by atoms with E-state index >= 15 is 0 Å². The molecule has 28 heavy (non-hydrogen) atoms. The van der Waals surface area contributed by atoms with E-state index in [-0.39, 0.29) is 17.0 Å². The summed E-state index contributed by atoms with van der Waals surface area (Å²) in [6.07, 6.45) is 3.68.